The summed E-state index contributed by atoms with van der Waals surface area (Å²) in [5, 5.41) is 0. The molecule has 1 amide bonds. The second kappa shape index (κ2) is 8.78. The number of amides is 1. The predicted molar refractivity (Wildman–Crippen MR) is 119 cm³/mol. The number of hydrogen-bond donors (Lipinski definition) is 1. The fraction of sp³-hybridized carbons (Fsp3) is 0.280. The van der Waals surface area contributed by atoms with Crippen molar-refractivity contribution >= 4 is 12.0 Å². The first-order valence-electron chi connectivity index (χ1n) is 10.9. The molecule has 31 heavy (non-hydrogen) atoms. The molecule has 1 saturated heterocycles. The standard InChI is InChI=1S/C25H26N4O2/c30-25(8-4-20-1-5-23(6-2-20)29-11-10-26-19-29)28-14-12-27(13-15-28)18-21-3-7-24-22(17-21)9-16-31-24/h1-8,10-11,17,19H,9,12-16,18H2/p+1/b8-4+. The Morgan fingerprint density at radius 1 is 1.13 bits per heavy atom. The lowest BCUT2D eigenvalue weighted by molar-refractivity contribution is -0.917. The molecule has 0 aliphatic carbocycles. The van der Waals surface area contributed by atoms with Crippen LogP contribution in [0.15, 0.2) is 67.3 Å². The number of nitrogens with one attached hydrogen (secondary N) is 1. The summed E-state index contributed by atoms with van der Waals surface area (Å²) >= 11 is 0. The highest BCUT2D eigenvalue weighted by Gasteiger charge is 2.23. The average molecular weight is 416 g/mol. The molecule has 1 N–H and O–H groups in total. The number of fused-ring (bicyclic) bond motifs is 1. The van der Waals surface area contributed by atoms with Gasteiger partial charge >= 0.3 is 0 Å². The van der Waals surface area contributed by atoms with Crippen LogP contribution in [0.5, 0.6) is 5.75 Å². The summed E-state index contributed by atoms with van der Waals surface area (Å²) in [4.78, 5) is 20.2. The van der Waals surface area contributed by atoms with E-state index in [-0.39, 0.29) is 5.91 Å². The maximum atomic E-state index is 12.6. The van der Waals surface area contributed by atoms with Crippen LogP contribution in [0.25, 0.3) is 11.8 Å². The zero-order valence-corrected chi connectivity index (χ0v) is 17.5. The van der Waals surface area contributed by atoms with E-state index in [2.05, 4.69) is 23.2 Å². The maximum Gasteiger partial charge on any atom is 0.246 e. The van der Waals surface area contributed by atoms with Crippen LogP contribution in [0.3, 0.4) is 0 Å². The summed E-state index contributed by atoms with van der Waals surface area (Å²) in [6.07, 6.45) is 10.0. The molecular weight excluding hydrogens is 388 g/mol. The van der Waals surface area contributed by atoms with Gasteiger partial charge in [0.15, 0.2) is 0 Å². The molecule has 0 spiro atoms. The number of carbonyl (C=O) groups excluding carboxylic acids is 1. The van der Waals surface area contributed by atoms with E-state index in [4.69, 9.17) is 4.74 Å². The van der Waals surface area contributed by atoms with E-state index in [0.29, 0.717) is 0 Å². The van der Waals surface area contributed by atoms with Crippen molar-refractivity contribution in [2.45, 2.75) is 13.0 Å². The molecule has 3 aromatic rings. The lowest BCUT2D eigenvalue weighted by Gasteiger charge is -2.31. The first-order valence-corrected chi connectivity index (χ1v) is 10.9. The number of carbonyl (C=O) groups is 1. The second-order valence-electron chi connectivity index (χ2n) is 8.19. The fourth-order valence-electron chi connectivity index (χ4n) is 4.30. The molecular formula is C25H27N4O2+. The van der Waals surface area contributed by atoms with E-state index in [0.717, 1.165) is 62.8 Å². The third-order valence-electron chi connectivity index (χ3n) is 6.10. The van der Waals surface area contributed by atoms with E-state index >= 15 is 0 Å². The van der Waals surface area contributed by atoms with Crippen LogP contribution in [-0.4, -0.2) is 53.1 Å². The van der Waals surface area contributed by atoms with Gasteiger partial charge in [0.05, 0.1) is 39.1 Å². The van der Waals surface area contributed by atoms with Gasteiger partial charge in [0.2, 0.25) is 5.91 Å². The Labute approximate surface area is 182 Å². The molecule has 1 aromatic heterocycles. The van der Waals surface area contributed by atoms with E-state index in [1.165, 1.54) is 16.0 Å². The number of benzene rings is 2. The number of hydrogen-bond acceptors (Lipinski definition) is 3. The van der Waals surface area contributed by atoms with Crippen molar-refractivity contribution in [3.8, 4) is 11.4 Å². The highest BCUT2D eigenvalue weighted by molar-refractivity contribution is 5.91. The number of aromatic nitrogens is 2. The van der Waals surface area contributed by atoms with Gasteiger partial charge in [-0.1, -0.05) is 12.1 Å². The van der Waals surface area contributed by atoms with Gasteiger partial charge in [0.1, 0.15) is 12.3 Å². The maximum absolute atomic E-state index is 12.6. The summed E-state index contributed by atoms with van der Waals surface area (Å²) in [5.74, 6) is 1.13. The van der Waals surface area contributed by atoms with Crippen molar-refractivity contribution in [3.63, 3.8) is 0 Å². The van der Waals surface area contributed by atoms with Gasteiger partial charge in [0.25, 0.3) is 0 Å². The Bertz CT molecular complexity index is 1070. The molecule has 0 radical (unpaired) electrons. The third kappa shape index (κ3) is 4.54. The summed E-state index contributed by atoms with van der Waals surface area (Å²) in [7, 11) is 0. The molecule has 2 aliphatic heterocycles. The Kier molecular flexibility index (Phi) is 5.54. The molecule has 158 valence electrons. The van der Waals surface area contributed by atoms with Crippen LogP contribution in [0.2, 0.25) is 0 Å². The van der Waals surface area contributed by atoms with Gasteiger partial charge in [-0.15, -0.1) is 0 Å². The number of imidazole rings is 1. The number of nitrogens with zero attached hydrogens (tertiary/aromatic N) is 3. The summed E-state index contributed by atoms with van der Waals surface area (Å²) in [6.45, 7) is 5.36. The van der Waals surface area contributed by atoms with Gasteiger partial charge in [0, 0.05) is 36.1 Å². The van der Waals surface area contributed by atoms with Crippen molar-refractivity contribution < 1.29 is 14.4 Å². The molecule has 5 rings (SSSR count). The van der Waals surface area contributed by atoms with Gasteiger partial charge in [-0.3, -0.25) is 4.79 Å². The minimum absolute atomic E-state index is 0.0902. The van der Waals surface area contributed by atoms with Crippen LogP contribution >= 0.6 is 0 Å². The molecule has 2 aromatic carbocycles. The van der Waals surface area contributed by atoms with Crippen molar-refractivity contribution in [1.29, 1.82) is 0 Å². The summed E-state index contributed by atoms with van der Waals surface area (Å²) in [6, 6.07) is 14.6. The van der Waals surface area contributed by atoms with Gasteiger partial charge in [-0.05, 0) is 47.5 Å². The lowest BCUT2D eigenvalue weighted by Crippen LogP contribution is -3.13. The molecule has 0 unspecified atom stereocenters. The molecule has 6 heteroatoms. The molecule has 0 saturated carbocycles. The monoisotopic (exact) mass is 415 g/mol. The summed E-state index contributed by atoms with van der Waals surface area (Å²) < 4.78 is 7.56. The first-order chi connectivity index (χ1) is 15.2. The highest BCUT2D eigenvalue weighted by Crippen LogP contribution is 2.25. The van der Waals surface area contributed by atoms with E-state index in [1.807, 2.05) is 46.0 Å². The van der Waals surface area contributed by atoms with E-state index in [1.54, 1.807) is 18.6 Å². The van der Waals surface area contributed by atoms with Crippen LogP contribution in [-0.2, 0) is 17.8 Å². The normalized spacial score (nSPS) is 16.5. The minimum Gasteiger partial charge on any atom is -0.493 e. The molecule has 0 atom stereocenters. The Morgan fingerprint density at radius 2 is 1.97 bits per heavy atom. The van der Waals surface area contributed by atoms with Gasteiger partial charge < -0.3 is 19.1 Å². The largest absolute Gasteiger partial charge is 0.493 e. The number of rotatable bonds is 5. The number of ether oxygens (including phenoxy) is 1. The van der Waals surface area contributed by atoms with Gasteiger partial charge in [-0.2, -0.15) is 0 Å². The second-order valence-corrected chi connectivity index (χ2v) is 8.19. The highest BCUT2D eigenvalue weighted by atomic mass is 16.5. The van der Waals surface area contributed by atoms with Crippen LogP contribution in [0.1, 0.15) is 16.7 Å². The van der Waals surface area contributed by atoms with E-state index in [9.17, 15) is 4.79 Å². The Morgan fingerprint density at radius 3 is 2.74 bits per heavy atom. The van der Waals surface area contributed by atoms with Crippen molar-refractivity contribution in [2.24, 2.45) is 0 Å². The minimum atomic E-state index is 0.0902. The van der Waals surface area contributed by atoms with Crippen LogP contribution < -0.4 is 9.64 Å². The molecule has 6 nitrogen and oxygen atoms in total. The number of quaternary nitrogens is 1. The first kappa shape index (κ1) is 19.6. The third-order valence-corrected chi connectivity index (χ3v) is 6.10. The predicted octanol–water partition coefficient (Wildman–Crippen LogP) is 1.75. The summed E-state index contributed by atoms with van der Waals surface area (Å²) in [5.41, 5.74) is 4.75. The average Bonchev–Trinajstić information content (AvgIpc) is 3.50. The molecule has 1 fully saturated rings. The van der Waals surface area contributed by atoms with Gasteiger partial charge in [-0.25, -0.2) is 4.98 Å². The van der Waals surface area contributed by atoms with E-state index < -0.39 is 0 Å². The zero-order chi connectivity index (χ0) is 21.0. The van der Waals surface area contributed by atoms with Crippen molar-refractivity contribution in [3.05, 3.63) is 84.0 Å². The van der Waals surface area contributed by atoms with Crippen LogP contribution in [0.4, 0.5) is 0 Å². The smallest absolute Gasteiger partial charge is 0.246 e. The molecule has 2 aliphatic rings. The molecule has 3 heterocycles. The van der Waals surface area contributed by atoms with Crippen LogP contribution in [0, 0.1) is 0 Å². The lowest BCUT2D eigenvalue weighted by atomic mass is 10.1. The fourth-order valence-corrected chi connectivity index (χ4v) is 4.30. The Balaban J connectivity index is 1.12. The van der Waals surface area contributed by atoms with Crippen molar-refractivity contribution in [2.75, 3.05) is 32.8 Å². The quantitative estimate of drug-likeness (QED) is 0.646. The zero-order valence-electron chi connectivity index (χ0n) is 17.5. The SMILES string of the molecule is O=C(/C=C/c1ccc(-n2ccnc2)cc1)N1CC[NH+](Cc2ccc3c(c2)CCO3)CC1. The number of piperazine rings is 1. The Hall–Kier alpha value is -3.38. The molecule has 0 bridgehead atoms. The van der Waals surface area contributed by atoms with Crippen molar-refractivity contribution in [1.82, 2.24) is 14.5 Å². The topological polar surface area (TPSA) is 51.8 Å².